The lowest BCUT2D eigenvalue weighted by Crippen LogP contribution is -2.62. The number of benzene rings is 3. The minimum absolute atomic E-state index is 0.179. The standard InChI is InChI=1S/C32H35O12P/c1-37-32-28(44-31(35)24-17-11-6-12-18-24)27(40-19-20-45(36,38-2)39-3)26(43-30(34)23-15-9-5-10-16-23)25(42-32)21-41-29(33)22-13-7-4-8-14-22/h4-18,25-28,32H,19-21H2,1-3H3/t25-,26+,27+,28-,32+/m1/s1. The van der Waals surface area contributed by atoms with Crippen LogP contribution in [-0.2, 0) is 42.0 Å². The molecule has 5 atom stereocenters. The third kappa shape index (κ3) is 9.07. The first-order valence-corrected chi connectivity index (χ1v) is 15.8. The Morgan fingerprint density at radius 3 is 1.60 bits per heavy atom. The van der Waals surface area contributed by atoms with Crippen molar-refractivity contribution >= 4 is 25.5 Å². The van der Waals surface area contributed by atoms with E-state index in [0.717, 1.165) is 0 Å². The smallest absolute Gasteiger partial charge is 0.338 e. The molecule has 12 nitrogen and oxygen atoms in total. The molecule has 1 fully saturated rings. The summed E-state index contributed by atoms with van der Waals surface area (Å²) in [7, 11) is 0.307. The van der Waals surface area contributed by atoms with Gasteiger partial charge in [-0.15, -0.1) is 0 Å². The van der Waals surface area contributed by atoms with Crippen molar-refractivity contribution in [3.8, 4) is 0 Å². The van der Waals surface area contributed by atoms with Gasteiger partial charge in [-0.1, -0.05) is 54.6 Å². The van der Waals surface area contributed by atoms with Crippen molar-refractivity contribution < 1.29 is 56.4 Å². The van der Waals surface area contributed by atoms with Gasteiger partial charge in [-0.05, 0) is 36.4 Å². The Hall–Kier alpha value is -3.90. The maximum absolute atomic E-state index is 13.3. The van der Waals surface area contributed by atoms with Crippen LogP contribution in [0.25, 0.3) is 0 Å². The first-order chi connectivity index (χ1) is 21.8. The molecule has 13 heteroatoms. The molecule has 0 aromatic heterocycles. The van der Waals surface area contributed by atoms with E-state index >= 15 is 0 Å². The predicted molar refractivity (Wildman–Crippen MR) is 160 cm³/mol. The highest BCUT2D eigenvalue weighted by molar-refractivity contribution is 7.53. The van der Waals surface area contributed by atoms with E-state index in [4.69, 9.17) is 37.5 Å². The van der Waals surface area contributed by atoms with Gasteiger partial charge in [0, 0.05) is 21.3 Å². The van der Waals surface area contributed by atoms with Crippen LogP contribution in [0, 0.1) is 0 Å². The van der Waals surface area contributed by atoms with Crippen LogP contribution in [0.4, 0.5) is 0 Å². The predicted octanol–water partition coefficient (Wildman–Crippen LogP) is 4.54. The second kappa shape index (κ2) is 16.4. The van der Waals surface area contributed by atoms with Crippen LogP contribution in [0.15, 0.2) is 91.0 Å². The Kier molecular flexibility index (Phi) is 12.4. The topological polar surface area (TPSA) is 142 Å². The lowest BCUT2D eigenvalue weighted by molar-refractivity contribution is -0.299. The van der Waals surface area contributed by atoms with Crippen molar-refractivity contribution in [3.05, 3.63) is 108 Å². The zero-order valence-electron chi connectivity index (χ0n) is 25.0. The number of carbonyl (C=O) groups excluding carboxylic acids is 3. The van der Waals surface area contributed by atoms with Gasteiger partial charge in [-0.25, -0.2) is 14.4 Å². The van der Waals surface area contributed by atoms with E-state index < -0.39 is 56.2 Å². The molecule has 3 aromatic rings. The summed E-state index contributed by atoms with van der Waals surface area (Å²) in [6.45, 7) is -0.608. The van der Waals surface area contributed by atoms with Crippen LogP contribution in [0.5, 0.6) is 0 Å². The molecule has 1 saturated heterocycles. The average molecular weight is 643 g/mol. The lowest BCUT2D eigenvalue weighted by atomic mass is 9.98. The fourth-order valence-corrected chi connectivity index (χ4v) is 5.41. The number of hydrogen-bond acceptors (Lipinski definition) is 12. The van der Waals surface area contributed by atoms with Gasteiger partial charge >= 0.3 is 25.5 Å². The minimum atomic E-state index is -3.51. The fraction of sp³-hybridized carbons (Fsp3) is 0.344. The first kappa shape index (κ1) is 34.0. The van der Waals surface area contributed by atoms with Crippen LogP contribution in [0.1, 0.15) is 31.1 Å². The highest BCUT2D eigenvalue weighted by atomic mass is 31.2. The van der Waals surface area contributed by atoms with Crippen molar-refractivity contribution in [2.24, 2.45) is 0 Å². The quantitative estimate of drug-likeness (QED) is 0.138. The van der Waals surface area contributed by atoms with Gasteiger partial charge in [-0.3, -0.25) is 4.57 Å². The normalized spacial score (nSPS) is 21.4. The zero-order chi connectivity index (χ0) is 32.2. The molecule has 0 saturated carbocycles. The second-order valence-electron chi connectivity index (χ2n) is 9.75. The summed E-state index contributed by atoms with van der Waals surface area (Å²) >= 11 is 0. The van der Waals surface area contributed by atoms with Crippen molar-refractivity contribution in [1.82, 2.24) is 0 Å². The third-order valence-corrected chi connectivity index (χ3v) is 8.79. The number of carbonyl (C=O) groups is 3. The summed E-state index contributed by atoms with van der Waals surface area (Å²) in [4.78, 5) is 39.3. The van der Waals surface area contributed by atoms with Crippen LogP contribution >= 0.6 is 7.60 Å². The lowest BCUT2D eigenvalue weighted by Gasteiger charge is -2.44. The molecule has 0 aliphatic carbocycles. The summed E-state index contributed by atoms with van der Waals surface area (Å²) < 4.78 is 57.9. The molecule has 0 unspecified atom stereocenters. The molecule has 0 spiro atoms. The average Bonchev–Trinajstić information content (AvgIpc) is 3.09. The van der Waals surface area contributed by atoms with Crippen molar-refractivity contribution in [2.75, 3.05) is 40.7 Å². The van der Waals surface area contributed by atoms with Crippen molar-refractivity contribution in [1.29, 1.82) is 0 Å². The number of methoxy groups -OCH3 is 1. The van der Waals surface area contributed by atoms with E-state index in [9.17, 15) is 18.9 Å². The maximum atomic E-state index is 13.3. The Morgan fingerprint density at radius 2 is 1.13 bits per heavy atom. The van der Waals surface area contributed by atoms with E-state index in [1.54, 1.807) is 91.0 Å². The Bertz CT molecular complexity index is 1430. The monoisotopic (exact) mass is 642 g/mol. The molecule has 0 bridgehead atoms. The van der Waals surface area contributed by atoms with Gasteiger partial charge in [0.15, 0.2) is 18.5 Å². The highest BCUT2D eigenvalue weighted by Gasteiger charge is 2.52. The molecule has 1 aliphatic heterocycles. The van der Waals surface area contributed by atoms with Crippen LogP contribution < -0.4 is 0 Å². The van der Waals surface area contributed by atoms with Gasteiger partial charge in [0.05, 0.1) is 29.5 Å². The number of ether oxygens (including phenoxy) is 6. The van der Waals surface area contributed by atoms with Gasteiger partial charge < -0.3 is 37.5 Å². The maximum Gasteiger partial charge on any atom is 0.338 e. The zero-order valence-corrected chi connectivity index (χ0v) is 25.9. The van der Waals surface area contributed by atoms with Gasteiger partial charge in [0.2, 0.25) is 0 Å². The number of esters is 3. The van der Waals surface area contributed by atoms with Crippen molar-refractivity contribution in [3.63, 3.8) is 0 Å². The second-order valence-corrected chi connectivity index (χ2v) is 12.1. The van der Waals surface area contributed by atoms with E-state index in [2.05, 4.69) is 0 Å². The molecule has 1 heterocycles. The summed E-state index contributed by atoms with van der Waals surface area (Å²) in [5.41, 5.74) is 0.768. The van der Waals surface area contributed by atoms with Gasteiger partial charge in [-0.2, -0.15) is 0 Å². The molecular weight excluding hydrogens is 607 g/mol. The molecule has 240 valence electrons. The Labute approximate surface area is 261 Å². The van der Waals surface area contributed by atoms with E-state index in [1.807, 2.05) is 0 Å². The molecule has 0 N–H and O–H groups in total. The van der Waals surface area contributed by atoms with Crippen LogP contribution in [0.2, 0.25) is 0 Å². The number of hydrogen-bond donors (Lipinski definition) is 0. The molecule has 0 radical (unpaired) electrons. The van der Waals surface area contributed by atoms with Gasteiger partial charge in [0.1, 0.15) is 18.8 Å². The Balaban J connectivity index is 1.67. The summed E-state index contributed by atoms with van der Waals surface area (Å²) in [6.07, 6.45) is -6.39. The first-order valence-electron chi connectivity index (χ1n) is 14.0. The summed E-state index contributed by atoms with van der Waals surface area (Å²) in [5, 5.41) is 0. The summed E-state index contributed by atoms with van der Waals surface area (Å²) in [6, 6.07) is 24.7. The molecule has 1 aliphatic rings. The van der Waals surface area contributed by atoms with Gasteiger partial charge in [0.25, 0.3) is 0 Å². The SMILES string of the molecule is CO[C@H]1O[C@H](COC(=O)c2ccccc2)[C@H](OC(=O)c2ccccc2)[C@H](OCCP(=O)(OC)OC)[C@H]1OC(=O)c1ccccc1. The summed E-state index contributed by atoms with van der Waals surface area (Å²) in [5.74, 6) is -2.10. The number of rotatable bonds is 14. The highest BCUT2D eigenvalue weighted by Crippen LogP contribution is 2.46. The van der Waals surface area contributed by atoms with Crippen molar-refractivity contribution in [2.45, 2.75) is 30.7 Å². The fourth-order valence-electron chi connectivity index (χ4n) is 4.56. The largest absolute Gasteiger partial charge is 0.459 e. The van der Waals surface area contributed by atoms with E-state index in [-0.39, 0.29) is 30.5 Å². The van der Waals surface area contributed by atoms with E-state index in [0.29, 0.717) is 5.56 Å². The third-order valence-electron chi connectivity index (χ3n) is 6.95. The molecule has 45 heavy (non-hydrogen) atoms. The minimum Gasteiger partial charge on any atom is -0.459 e. The molecule has 0 amide bonds. The van der Waals surface area contributed by atoms with Crippen LogP contribution in [-0.4, -0.2) is 89.3 Å². The van der Waals surface area contributed by atoms with E-state index in [1.165, 1.54) is 21.3 Å². The molecular formula is C32H35O12P. The Morgan fingerprint density at radius 1 is 0.667 bits per heavy atom. The molecule has 4 rings (SSSR count). The van der Waals surface area contributed by atoms with Crippen LogP contribution in [0.3, 0.4) is 0 Å². The molecule has 3 aromatic carbocycles.